The molecular formula is C11H13N3S. The highest BCUT2D eigenvalue weighted by Crippen LogP contribution is 2.32. The minimum Gasteiger partial charge on any atom is -0.397 e. The summed E-state index contributed by atoms with van der Waals surface area (Å²) in [5.74, 6) is 4.21. The van der Waals surface area contributed by atoms with E-state index >= 15 is 0 Å². The molecule has 0 amide bonds. The summed E-state index contributed by atoms with van der Waals surface area (Å²) in [5, 5.41) is 0. The van der Waals surface area contributed by atoms with Gasteiger partial charge in [0.05, 0.1) is 17.4 Å². The third-order valence-corrected chi connectivity index (χ3v) is 4.09. The highest BCUT2D eigenvalue weighted by Gasteiger charge is 2.21. The molecule has 78 valence electrons. The monoisotopic (exact) mass is 219 g/mol. The number of nitrogens with zero attached hydrogens (tertiary/aromatic N) is 2. The molecule has 3 nitrogen and oxygen atoms in total. The van der Waals surface area contributed by atoms with Crippen molar-refractivity contribution < 1.29 is 0 Å². The van der Waals surface area contributed by atoms with E-state index < -0.39 is 0 Å². The summed E-state index contributed by atoms with van der Waals surface area (Å²) in [7, 11) is 0. The van der Waals surface area contributed by atoms with Crippen LogP contribution in [0.25, 0.3) is 5.52 Å². The van der Waals surface area contributed by atoms with Crippen molar-refractivity contribution in [3.8, 4) is 0 Å². The van der Waals surface area contributed by atoms with Crippen LogP contribution in [0.1, 0.15) is 18.2 Å². The molecule has 2 aromatic rings. The van der Waals surface area contributed by atoms with Gasteiger partial charge in [-0.05, 0) is 24.3 Å². The van der Waals surface area contributed by atoms with Gasteiger partial charge in [0.1, 0.15) is 5.82 Å². The molecule has 4 heteroatoms. The number of hydrogen-bond donors (Lipinski definition) is 1. The molecule has 2 N–H and O–H groups in total. The Balaban J connectivity index is 2.15. The Bertz CT molecular complexity index is 486. The third-order valence-electron chi connectivity index (χ3n) is 2.93. The minimum absolute atomic E-state index is 0.597. The van der Waals surface area contributed by atoms with E-state index in [1.54, 1.807) is 0 Å². The summed E-state index contributed by atoms with van der Waals surface area (Å²) in [6, 6.07) is 3.90. The first-order valence-electron chi connectivity index (χ1n) is 5.15. The Morgan fingerprint density at radius 3 is 3.27 bits per heavy atom. The molecule has 0 aliphatic carbocycles. The van der Waals surface area contributed by atoms with E-state index in [0.717, 1.165) is 11.2 Å². The van der Waals surface area contributed by atoms with Gasteiger partial charge in [-0.3, -0.25) is 0 Å². The van der Waals surface area contributed by atoms with Gasteiger partial charge in [0.25, 0.3) is 0 Å². The lowest BCUT2D eigenvalue weighted by Crippen LogP contribution is -2.03. The van der Waals surface area contributed by atoms with Gasteiger partial charge in [-0.1, -0.05) is 0 Å². The predicted octanol–water partition coefficient (Wildman–Crippen LogP) is 2.14. The Labute approximate surface area is 92.7 Å². The van der Waals surface area contributed by atoms with Gasteiger partial charge in [0.2, 0.25) is 0 Å². The summed E-state index contributed by atoms with van der Waals surface area (Å²) in [5.41, 5.74) is 7.74. The fourth-order valence-electron chi connectivity index (χ4n) is 2.10. The lowest BCUT2D eigenvalue weighted by atomic mass is 10.1. The van der Waals surface area contributed by atoms with Crippen molar-refractivity contribution in [3.63, 3.8) is 0 Å². The SMILES string of the molecule is Nc1cccn2c(C3CCSC3)ncc12. The molecule has 3 rings (SSSR count). The highest BCUT2D eigenvalue weighted by molar-refractivity contribution is 7.99. The first-order chi connectivity index (χ1) is 7.36. The van der Waals surface area contributed by atoms with Crippen LogP contribution < -0.4 is 5.73 Å². The number of thioether (sulfide) groups is 1. The van der Waals surface area contributed by atoms with Crippen LogP contribution in [0, 0.1) is 0 Å². The first-order valence-corrected chi connectivity index (χ1v) is 6.31. The van der Waals surface area contributed by atoms with E-state index in [1.165, 1.54) is 23.8 Å². The van der Waals surface area contributed by atoms with Crippen molar-refractivity contribution in [2.45, 2.75) is 12.3 Å². The third kappa shape index (κ3) is 1.40. The number of imidazole rings is 1. The molecule has 0 aromatic carbocycles. The van der Waals surface area contributed by atoms with E-state index in [0.29, 0.717) is 5.92 Å². The first kappa shape index (κ1) is 9.09. The van der Waals surface area contributed by atoms with Gasteiger partial charge in [0.15, 0.2) is 0 Å². The largest absolute Gasteiger partial charge is 0.397 e. The second-order valence-corrected chi connectivity index (χ2v) is 5.05. The topological polar surface area (TPSA) is 43.3 Å². The summed E-state index contributed by atoms with van der Waals surface area (Å²) in [4.78, 5) is 4.51. The molecule has 1 aliphatic rings. The zero-order chi connectivity index (χ0) is 10.3. The van der Waals surface area contributed by atoms with E-state index in [9.17, 15) is 0 Å². The molecule has 0 saturated carbocycles. The van der Waals surface area contributed by atoms with E-state index in [4.69, 9.17) is 5.73 Å². The smallest absolute Gasteiger partial charge is 0.117 e. The molecule has 1 atom stereocenters. The van der Waals surface area contributed by atoms with Crippen LogP contribution in [0.2, 0.25) is 0 Å². The van der Waals surface area contributed by atoms with Gasteiger partial charge in [-0.25, -0.2) is 4.98 Å². The molecule has 1 unspecified atom stereocenters. The molecule has 1 fully saturated rings. The quantitative estimate of drug-likeness (QED) is 0.799. The van der Waals surface area contributed by atoms with E-state index in [2.05, 4.69) is 15.6 Å². The Morgan fingerprint density at radius 2 is 2.47 bits per heavy atom. The summed E-state index contributed by atoms with van der Waals surface area (Å²) < 4.78 is 2.13. The minimum atomic E-state index is 0.597. The van der Waals surface area contributed by atoms with Crippen molar-refractivity contribution in [1.29, 1.82) is 0 Å². The van der Waals surface area contributed by atoms with Crippen LogP contribution >= 0.6 is 11.8 Å². The maximum absolute atomic E-state index is 5.90. The summed E-state index contributed by atoms with van der Waals surface area (Å²) >= 11 is 2.01. The average molecular weight is 219 g/mol. The van der Waals surface area contributed by atoms with Gasteiger partial charge in [-0.2, -0.15) is 11.8 Å². The number of nitrogen functional groups attached to an aromatic ring is 1. The van der Waals surface area contributed by atoms with Gasteiger partial charge in [0, 0.05) is 17.9 Å². The number of anilines is 1. The molecule has 1 saturated heterocycles. The molecular weight excluding hydrogens is 206 g/mol. The molecule has 1 aliphatic heterocycles. The lowest BCUT2D eigenvalue weighted by molar-refractivity contribution is 0.713. The average Bonchev–Trinajstić information content (AvgIpc) is 2.85. The van der Waals surface area contributed by atoms with E-state index in [-0.39, 0.29) is 0 Å². The van der Waals surface area contributed by atoms with Crippen LogP contribution in [0.5, 0.6) is 0 Å². The normalized spacial score (nSPS) is 21.2. The van der Waals surface area contributed by atoms with Crippen molar-refractivity contribution in [3.05, 3.63) is 30.4 Å². The molecule has 15 heavy (non-hydrogen) atoms. The lowest BCUT2D eigenvalue weighted by Gasteiger charge is -2.07. The van der Waals surface area contributed by atoms with Gasteiger partial charge >= 0.3 is 0 Å². The van der Waals surface area contributed by atoms with E-state index in [1.807, 2.05) is 30.1 Å². The molecule has 2 aromatic heterocycles. The Morgan fingerprint density at radius 1 is 1.53 bits per heavy atom. The number of hydrogen-bond acceptors (Lipinski definition) is 3. The molecule has 0 bridgehead atoms. The zero-order valence-corrected chi connectivity index (χ0v) is 9.20. The maximum Gasteiger partial charge on any atom is 0.117 e. The van der Waals surface area contributed by atoms with Gasteiger partial charge in [-0.15, -0.1) is 0 Å². The standard InChI is InChI=1S/C11H13N3S/c12-9-2-1-4-14-10(9)6-13-11(14)8-3-5-15-7-8/h1-2,4,6,8H,3,5,7,12H2. The number of aromatic nitrogens is 2. The van der Waals surface area contributed by atoms with Crippen molar-refractivity contribution >= 4 is 23.0 Å². The van der Waals surface area contributed by atoms with Crippen LogP contribution in [-0.2, 0) is 0 Å². The number of rotatable bonds is 1. The highest BCUT2D eigenvalue weighted by atomic mass is 32.2. The van der Waals surface area contributed by atoms with Crippen LogP contribution in [0.15, 0.2) is 24.5 Å². The van der Waals surface area contributed by atoms with Gasteiger partial charge < -0.3 is 10.1 Å². The zero-order valence-electron chi connectivity index (χ0n) is 8.39. The molecule has 0 spiro atoms. The van der Waals surface area contributed by atoms with Crippen molar-refractivity contribution in [1.82, 2.24) is 9.38 Å². The second kappa shape index (κ2) is 3.45. The second-order valence-electron chi connectivity index (χ2n) is 3.90. The van der Waals surface area contributed by atoms with Crippen LogP contribution in [0.4, 0.5) is 5.69 Å². The molecule has 0 radical (unpaired) electrons. The van der Waals surface area contributed by atoms with Crippen molar-refractivity contribution in [2.75, 3.05) is 17.2 Å². The summed E-state index contributed by atoms with van der Waals surface area (Å²) in [6.45, 7) is 0. The van der Waals surface area contributed by atoms with Crippen LogP contribution in [0.3, 0.4) is 0 Å². The van der Waals surface area contributed by atoms with Crippen LogP contribution in [-0.4, -0.2) is 20.9 Å². The van der Waals surface area contributed by atoms with Crippen molar-refractivity contribution in [2.24, 2.45) is 0 Å². The maximum atomic E-state index is 5.90. The fourth-order valence-corrected chi connectivity index (χ4v) is 3.32. The molecule has 3 heterocycles. The predicted molar refractivity (Wildman–Crippen MR) is 64.3 cm³/mol. The number of pyridine rings is 1. The number of nitrogens with two attached hydrogens (primary N) is 1. The Hall–Kier alpha value is -1.16. The Kier molecular flexibility index (Phi) is 2.09. The summed E-state index contributed by atoms with van der Waals surface area (Å²) in [6.07, 6.45) is 5.17. The fraction of sp³-hybridized carbons (Fsp3) is 0.364. The number of fused-ring (bicyclic) bond motifs is 1.